The van der Waals surface area contributed by atoms with Gasteiger partial charge in [-0.25, -0.2) is 0 Å². The largest absolute Gasteiger partial charge is 0.376 e. The maximum absolute atomic E-state index is 6.49. The first-order chi connectivity index (χ1) is 11.5. The van der Waals surface area contributed by atoms with E-state index in [2.05, 4.69) is 17.5 Å². The van der Waals surface area contributed by atoms with Crippen LogP contribution in [0.2, 0.25) is 25.1 Å². The molecule has 0 bridgehead atoms. The van der Waals surface area contributed by atoms with E-state index in [-0.39, 0.29) is 17.9 Å². The molecule has 0 saturated heterocycles. The predicted octanol–water partition coefficient (Wildman–Crippen LogP) is 7.78. The molecule has 6 heteroatoms. The van der Waals surface area contributed by atoms with E-state index in [0.29, 0.717) is 25.1 Å². The summed E-state index contributed by atoms with van der Waals surface area (Å²) in [7, 11) is 0. The number of fused-ring (bicyclic) bond motifs is 3. The van der Waals surface area contributed by atoms with Crippen molar-refractivity contribution in [1.29, 1.82) is 0 Å². The molecule has 24 heavy (non-hydrogen) atoms. The van der Waals surface area contributed by atoms with Crippen molar-refractivity contribution in [1.82, 2.24) is 0 Å². The van der Waals surface area contributed by atoms with Gasteiger partial charge in [-0.1, -0.05) is 82.3 Å². The highest BCUT2D eigenvalue weighted by atomic mass is 35.5. The number of hydrogen-bond acceptors (Lipinski definition) is 1. The summed E-state index contributed by atoms with van der Waals surface area (Å²) >= 11 is 31.8. The zero-order valence-electron chi connectivity index (χ0n) is 12.3. The van der Waals surface area contributed by atoms with Gasteiger partial charge in [0.25, 0.3) is 0 Å². The van der Waals surface area contributed by atoms with Crippen LogP contribution in [0.4, 0.5) is 5.69 Å². The molecule has 1 aliphatic carbocycles. The standard InChI is InChI=1S/C18H12Cl5N/c19-11-6-2-5-10(15(11)22)17-9-4-1-3-8(9)14-16(23)12(20)7-13(21)18(14)24-17/h1-3,5-9,17,24H,4H2/t8-,9+,17+/m0/s1. The Morgan fingerprint density at radius 2 is 1.71 bits per heavy atom. The summed E-state index contributed by atoms with van der Waals surface area (Å²) in [6.07, 6.45) is 5.27. The maximum Gasteiger partial charge on any atom is 0.0656 e. The minimum Gasteiger partial charge on any atom is -0.376 e. The Labute approximate surface area is 165 Å². The number of halogens is 5. The van der Waals surface area contributed by atoms with E-state index in [4.69, 9.17) is 58.0 Å². The van der Waals surface area contributed by atoms with Gasteiger partial charge in [-0.2, -0.15) is 0 Å². The smallest absolute Gasteiger partial charge is 0.0656 e. The second-order valence-corrected chi connectivity index (χ2v) is 8.04. The molecular weight excluding hydrogens is 407 g/mol. The van der Waals surface area contributed by atoms with Gasteiger partial charge in [-0.05, 0) is 30.0 Å². The van der Waals surface area contributed by atoms with Gasteiger partial charge >= 0.3 is 0 Å². The van der Waals surface area contributed by atoms with Crippen molar-refractivity contribution in [2.45, 2.75) is 18.4 Å². The Bertz CT molecular complexity index is 861. The number of benzene rings is 2. The van der Waals surface area contributed by atoms with E-state index >= 15 is 0 Å². The zero-order valence-corrected chi connectivity index (χ0v) is 16.1. The van der Waals surface area contributed by atoms with Gasteiger partial charge < -0.3 is 5.32 Å². The molecule has 2 aromatic carbocycles. The fraction of sp³-hybridized carbons (Fsp3) is 0.222. The van der Waals surface area contributed by atoms with E-state index in [9.17, 15) is 0 Å². The van der Waals surface area contributed by atoms with Crippen molar-refractivity contribution in [3.63, 3.8) is 0 Å². The monoisotopic (exact) mass is 417 g/mol. The lowest BCUT2D eigenvalue weighted by molar-refractivity contribution is 0.426. The van der Waals surface area contributed by atoms with E-state index in [1.807, 2.05) is 12.1 Å². The summed E-state index contributed by atoms with van der Waals surface area (Å²) in [6.45, 7) is 0. The summed E-state index contributed by atoms with van der Waals surface area (Å²) < 4.78 is 0. The first kappa shape index (κ1) is 16.9. The molecule has 2 aromatic rings. The Morgan fingerprint density at radius 1 is 0.917 bits per heavy atom. The lowest BCUT2D eigenvalue weighted by Gasteiger charge is -2.39. The van der Waals surface area contributed by atoms with Crippen molar-refractivity contribution in [3.05, 3.63) is 72.7 Å². The zero-order chi connectivity index (χ0) is 17.0. The number of rotatable bonds is 1. The molecule has 2 aliphatic rings. The Hall–Kier alpha value is -0.570. The maximum atomic E-state index is 6.49. The van der Waals surface area contributed by atoms with Gasteiger partial charge in [0.2, 0.25) is 0 Å². The molecule has 1 aliphatic heterocycles. The van der Waals surface area contributed by atoms with Crippen LogP contribution in [0, 0.1) is 5.92 Å². The van der Waals surface area contributed by atoms with Gasteiger partial charge in [-0.3, -0.25) is 0 Å². The summed E-state index contributed by atoms with van der Waals surface area (Å²) in [5, 5.41) is 6.23. The van der Waals surface area contributed by atoms with Gasteiger partial charge in [0, 0.05) is 11.5 Å². The quantitative estimate of drug-likeness (QED) is 0.367. The van der Waals surface area contributed by atoms with Gasteiger partial charge in [0.05, 0.1) is 36.8 Å². The topological polar surface area (TPSA) is 12.0 Å². The van der Waals surface area contributed by atoms with Crippen LogP contribution in [-0.4, -0.2) is 0 Å². The second-order valence-electron chi connectivity index (χ2n) is 6.06. The van der Waals surface area contributed by atoms with Crippen LogP contribution in [0.25, 0.3) is 0 Å². The van der Waals surface area contributed by atoms with Crippen molar-refractivity contribution in [3.8, 4) is 0 Å². The highest BCUT2D eigenvalue weighted by Crippen LogP contribution is 2.55. The van der Waals surface area contributed by atoms with Crippen LogP contribution in [0.15, 0.2) is 36.4 Å². The molecular formula is C18H12Cl5N. The van der Waals surface area contributed by atoms with Crippen molar-refractivity contribution in [2.24, 2.45) is 5.92 Å². The first-order valence-corrected chi connectivity index (χ1v) is 9.42. The molecule has 3 atom stereocenters. The molecule has 1 nitrogen and oxygen atoms in total. The van der Waals surface area contributed by atoms with Crippen molar-refractivity contribution in [2.75, 3.05) is 5.32 Å². The fourth-order valence-corrected chi connectivity index (χ4v) is 4.96. The lowest BCUT2D eigenvalue weighted by atomic mass is 9.77. The lowest BCUT2D eigenvalue weighted by Crippen LogP contribution is -2.29. The molecule has 0 unspecified atom stereocenters. The van der Waals surface area contributed by atoms with Crippen molar-refractivity contribution < 1.29 is 0 Å². The van der Waals surface area contributed by atoms with E-state index in [1.165, 1.54) is 0 Å². The third kappa shape index (κ3) is 2.53. The average molecular weight is 420 g/mol. The third-order valence-electron chi connectivity index (χ3n) is 4.80. The summed E-state index contributed by atoms with van der Waals surface area (Å²) in [5.74, 6) is 0.422. The Balaban J connectivity index is 1.90. The van der Waals surface area contributed by atoms with Crippen molar-refractivity contribution >= 4 is 63.7 Å². The Morgan fingerprint density at radius 3 is 2.50 bits per heavy atom. The molecule has 0 radical (unpaired) electrons. The number of nitrogens with one attached hydrogen (secondary N) is 1. The number of anilines is 1. The Kier molecular flexibility index (Phi) is 4.43. The first-order valence-electron chi connectivity index (χ1n) is 7.53. The van der Waals surface area contributed by atoms with E-state index in [0.717, 1.165) is 23.2 Å². The highest BCUT2D eigenvalue weighted by Gasteiger charge is 2.41. The molecule has 4 rings (SSSR count). The average Bonchev–Trinajstić information content (AvgIpc) is 3.04. The van der Waals surface area contributed by atoms with E-state index < -0.39 is 0 Å². The molecule has 124 valence electrons. The van der Waals surface area contributed by atoms with Gasteiger partial charge in [0.1, 0.15) is 0 Å². The number of allylic oxidation sites excluding steroid dienone is 2. The summed E-state index contributed by atoms with van der Waals surface area (Å²) in [5.41, 5.74) is 2.75. The van der Waals surface area contributed by atoms with Crippen LogP contribution in [0.3, 0.4) is 0 Å². The fourth-order valence-electron chi connectivity index (χ4n) is 3.73. The van der Waals surface area contributed by atoms with Crippen LogP contribution in [0.5, 0.6) is 0 Å². The highest BCUT2D eigenvalue weighted by molar-refractivity contribution is 6.45. The van der Waals surface area contributed by atoms with Crippen LogP contribution in [-0.2, 0) is 0 Å². The molecule has 0 saturated carbocycles. The normalized spacial score (nSPS) is 24.5. The molecule has 1 N–H and O–H groups in total. The third-order valence-corrected chi connectivity index (χ3v) is 6.73. The summed E-state index contributed by atoms with van der Waals surface area (Å²) in [6, 6.07) is 7.37. The van der Waals surface area contributed by atoms with Gasteiger partial charge in [-0.15, -0.1) is 0 Å². The van der Waals surface area contributed by atoms with Crippen LogP contribution < -0.4 is 5.32 Å². The second kappa shape index (κ2) is 6.30. The minimum atomic E-state index is -0.00144. The molecule has 0 fully saturated rings. The summed E-state index contributed by atoms with van der Waals surface area (Å²) in [4.78, 5) is 0. The predicted molar refractivity (Wildman–Crippen MR) is 104 cm³/mol. The number of hydrogen-bond donors (Lipinski definition) is 1. The minimum absolute atomic E-state index is 0.00144. The molecule has 0 amide bonds. The van der Waals surface area contributed by atoms with Gasteiger partial charge in [0.15, 0.2) is 0 Å². The molecule has 1 heterocycles. The van der Waals surface area contributed by atoms with E-state index in [1.54, 1.807) is 12.1 Å². The SMILES string of the molecule is Clc1cccc([C@@H]2Nc3c(Cl)cc(Cl)c(Cl)c3[C@H]3C=CC[C@H]32)c1Cl. The molecule has 0 spiro atoms. The molecule has 0 aromatic heterocycles. The van der Waals surface area contributed by atoms with Crippen LogP contribution >= 0.6 is 58.0 Å². The van der Waals surface area contributed by atoms with Crippen LogP contribution in [0.1, 0.15) is 29.5 Å².